The predicted molar refractivity (Wildman–Crippen MR) is 140 cm³/mol. The van der Waals surface area contributed by atoms with Crippen molar-refractivity contribution in [2.75, 3.05) is 0 Å². The molecule has 1 saturated carbocycles. The van der Waals surface area contributed by atoms with Crippen molar-refractivity contribution >= 4 is 12.2 Å². The first-order valence-electron chi connectivity index (χ1n) is 12.7. The first-order chi connectivity index (χ1) is 16.1. The second-order valence-corrected chi connectivity index (χ2v) is 9.88. The Hall–Kier alpha value is -2.67. The molecule has 0 heterocycles. The molecule has 0 saturated heterocycles. The number of hydrogen-bond donors (Lipinski definition) is 0. The maximum absolute atomic E-state index is 14.7. The van der Waals surface area contributed by atoms with Gasteiger partial charge in [-0.05, 0) is 78.2 Å². The molecule has 0 aliphatic heterocycles. The Morgan fingerprint density at radius 2 is 1.61 bits per heavy atom. The number of halogens is 1. The molecule has 1 atom stereocenters. The molecular weight excluding hydrogens is 403 g/mol. The van der Waals surface area contributed by atoms with Crippen LogP contribution in [0.25, 0.3) is 12.2 Å². The minimum Gasteiger partial charge on any atom is -0.206 e. The van der Waals surface area contributed by atoms with Gasteiger partial charge in [-0.25, -0.2) is 4.39 Å². The van der Waals surface area contributed by atoms with Crippen LogP contribution in [-0.2, 0) is 6.42 Å². The number of rotatable bonds is 8. The van der Waals surface area contributed by atoms with Crippen LogP contribution in [0.1, 0.15) is 92.0 Å². The van der Waals surface area contributed by atoms with Gasteiger partial charge in [0.05, 0.1) is 0 Å². The Morgan fingerprint density at radius 1 is 0.879 bits per heavy atom. The van der Waals surface area contributed by atoms with Crippen LogP contribution in [0.4, 0.5) is 4.39 Å². The topological polar surface area (TPSA) is 0 Å². The van der Waals surface area contributed by atoms with E-state index in [0.717, 1.165) is 23.5 Å². The Labute approximate surface area is 199 Å². The zero-order chi connectivity index (χ0) is 23.0. The molecule has 0 amide bonds. The van der Waals surface area contributed by atoms with E-state index in [0.29, 0.717) is 17.4 Å². The van der Waals surface area contributed by atoms with Crippen molar-refractivity contribution in [3.05, 3.63) is 106 Å². The monoisotopic (exact) mass is 440 g/mol. The largest absolute Gasteiger partial charge is 0.206 e. The Bertz CT molecular complexity index is 1020. The summed E-state index contributed by atoms with van der Waals surface area (Å²) in [7, 11) is 0. The molecule has 1 heteroatoms. The van der Waals surface area contributed by atoms with Crippen LogP contribution >= 0.6 is 0 Å². The molecule has 0 radical (unpaired) electrons. The fraction of sp³-hybridized carbons (Fsp3) is 0.375. The van der Waals surface area contributed by atoms with E-state index in [1.807, 2.05) is 24.3 Å². The van der Waals surface area contributed by atoms with Gasteiger partial charge in [0.15, 0.2) is 0 Å². The maximum atomic E-state index is 14.7. The molecule has 0 bridgehead atoms. The first kappa shape index (κ1) is 23.5. The summed E-state index contributed by atoms with van der Waals surface area (Å²) in [5.41, 5.74) is 5.56. The SMILES string of the molecule is CCCC1CCC(c2ccc(C=Cc3ccc(C[C@@H](C)c4ccccc4)cc3F)cc2)CC1. The average Bonchev–Trinajstić information content (AvgIpc) is 2.85. The third-order valence-electron chi connectivity index (χ3n) is 7.38. The smallest absolute Gasteiger partial charge is 0.130 e. The van der Waals surface area contributed by atoms with Crippen molar-refractivity contribution in [2.24, 2.45) is 5.92 Å². The van der Waals surface area contributed by atoms with E-state index in [2.05, 4.69) is 68.4 Å². The molecule has 3 aromatic carbocycles. The van der Waals surface area contributed by atoms with E-state index in [-0.39, 0.29) is 5.82 Å². The van der Waals surface area contributed by atoms with Crippen molar-refractivity contribution in [3.63, 3.8) is 0 Å². The molecule has 1 aliphatic rings. The Kier molecular flexibility index (Phi) is 8.15. The van der Waals surface area contributed by atoms with Crippen LogP contribution in [0.2, 0.25) is 0 Å². The Balaban J connectivity index is 1.35. The average molecular weight is 441 g/mol. The van der Waals surface area contributed by atoms with Gasteiger partial charge < -0.3 is 0 Å². The quantitative estimate of drug-likeness (QED) is 0.306. The van der Waals surface area contributed by atoms with Gasteiger partial charge in [0, 0.05) is 5.56 Å². The van der Waals surface area contributed by atoms with Crippen molar-refractivity contribution in [1.82, 2.24) is 0 Å². The first-order valence-corrected chi connectivity index (χ1v) is 12.7. The molecule has 3 aromatic rings. The van der Waals surface area contributed by atoms with E-state index in [1.165, 1.54) is 49.7 Å². The summed E-state index contributed by atoms with van der Waals surface area (Å²) in [6.45, 7) is 4.49. The number of hydrogen-bond acceptors (Lipinski definition) is 0. The van der Waals surface area contributed by atoms with Crippen LogP contribution in [0.5, 0.6) is 0 Å². The summed E-state index contributed by atoms with van der Waals surface area (Å²) >= 11 is 0. The minimum atomic E-state index is -0.149. The zero-order valence-electron chi connectivity index (χ0n) is 20.1. The van der Waals surface area contributed by atoms with Crippen molar-refractivity contribution in [2.45, 2.75) is 70.6 Å². The lowest BCUT2D eigenvalue weighted by Gasteiger charge is -2.28. The van der Waals surface area contributed by atoms with Crippen molar-refractivity contribution in [3.8, 4) is 0 Å². The van der Waals surface area contributed by atoms with Gasteiger partial charge in [-0.3, -0.25) is 0 Å². The highest BCUT2D eigenvalue weighted by atomic mass is 19.1. The summed E-state index contributed by atoms with van der Waals surface area (Å²) in [5, 5.41) is 0. The fourth-order valence-electron chi connectivity index (χ4n) is 5.34. The third-order valence-corrected chi connectivity index (χ3v) is 7.38. The summed E-state index contributed by atoms with van der Waals surface area (Å²) < 4.78 is 14.7. The molecule has 1 fully saturated rings. The van der Waals surface area contributed by atoms with Crippen LogP contribution in [0.3, 0.4) is 0 Å². The lowest BCUT2D eigenvalue weighted by Crippen LogP contribution is -2.13. The molecule has 0 spiro atoms. The molecule has 0 nitrogen and oxygen atoms in total. The van der Waals surface area contributed by atoms with E-state index < -0.39 is 0 Å². The second-order valence-electron chi connectivity index (χ2n) is 9.88. The molecule has 1 aliphatic carbocycles. The highest BCUT2D eigenvalue weighted by molar-refractivity contribution is 5.70. The molecule has 33 heavy (non-hydrogen) atoms. The molecule has 0 unspecified atom stereocenters. The van der Waals surface area contributed by atoms with Gasteiger partial charge in [0.25, 0.3) is 0 Å². The zero-order valence-corrected chi connectivity index (χ0v) is 20.1. The molecule has 0 N–H and O–H groups in total. The predicted octanol–water partition coefficient (Wildman–Crippen LogP) is 9.42. The van der Waals surface area contributed by atoms with Crippen LogP contribution in [0.15, 0.2) is 72.8 Å². The van der Waals surface area contributed by atoms with Crippen molar-refractivity contribution < 1.29 is 4.39 Å². The van der Waals surface area contributed by atoms with Gasteiger partial charge in [0.1, 0.15) is 5.82 Å². The molecular formula is C32H37F. The highest BCUT2D eigenvalue weighted by Crippen LogP contribution is 2.37. The highest BCUT2D eigenvalue weighted by Gasteiger charge is 2.21. The van der Waals surface area contributed by atoms with E-state index >= 15 is 0 Å². The standard InChI is InChI=1S/C32H37F/c1-3-7-25-10-16-29(17-11-25)30-18-12-26(13-19-30)14-20-31-21-15-27(23-32(31)33)22-24(2)28-8-5-4-6-9-28/h4-6,8-9,12-15,18-21,23-25,29H,3,7,10-11,16-17,22H2,1-2H3/t24-,25?,29?/m1/s1. The van der Waals surface area contributed by atoms with Gasteiger partial charge in [0.2, 0.25) is 0 Å². The van der Waals surface area contributed by atoms with Crippen LogP contribution in [-0.4, -0.2) is 0 Å². The Morgan fingerprint density at radius 3 is 2.27 bits per heavy atom. The van der Waals surface area contributed by atoms with Gasteiger partial charge >= 0.3 is 0 Å². The van der Waals surface area contributed by atoms with Crippen LogP contribution < -0.4 is 0 Å². The van der Waals surface area contributed by atoms with E-state index in [1.54, 1.807) is 6.07 Å². The van der Waals surface area contributed by atoms with E-state index in [9.17, 15) is 4.39 Å². The second kappa shape index (κ2) is 11.5. The van der Waals surface area contributed by atoms with Gasteiger partial charge in [-0.15, -0.1) is 0 Å². The number of benzene rings is 3. The normalized spacial score (nSPS) is 19.6. The lowest BCUT2D eigenvalue weighted by molar-refractivity contribution is 0.308. The van der Waals surface area contributed by atoms with Gasteiger partial charge in [-0.1, -0.05) is 106 Å². The van der Waals surface area contributed by atoms with Crippen LogP contribution in [0, 0.1) is 11.7 Å². The summed E-state index contributed by atoms with van der Waals surface area (Å²) in [6.07, 6.45) is 12.8. The minimum absolute atomic E-state index is 0.149. The fourth-order valence-corrected chi connectivity index (χ4v) is 5.34. The third kappa shape index (κ3) is 6.44. The van der Waals surface area contributed by atoms with Crippen molar-refractivity contribution in [1.29, 1.82) is 0 Å². The maximum Gasteiger partial charge on any atom is 0.130 e. The molecule has 4 rings (SSSR count). The van der Waals surface area contributed by atoms with Gasteiger partial charge in [-0.2, -0.15) is 0 Å². The molecule has 172 valence electrons. The van der Waals surface area contributed by atoms with E-state index in [4.69, 9.17) is 0 Å². The summed E-state index contributed by atoms with van der Waals surface area (Å²) in [4.78, 5) is 0. The summed E-state index contributed by atoms with van der Waals surface area (Å²) in [6, 6.07) is 25.0. The summed E-state index contributed by atoms with van der Waals surface area (Å²) in [5.74, 6) is 1.87. The molecule has 0 aromatic heterocycles. The lowest BCUT2D eigenvalue weighted by atomic mass is 9.77.